The number of aromatic nitrogens is 2. The standard InChI is InChI=1S/C35H37N5O3/c1-23-37-33(43-39-23)31(22-25-14-16-27-10-6-8-12-29(27)20-25)40(4)34(42)30(38-32(41)17-18-35(2,3)36)21-24-13-15-26-9-5-7-11-28(26)19-24/h5-20,30-31H,21-22,36H2,1-4H3,(H,38,41)/b18-17+/t30?,31-/m1/s1. The molecule has 8 nitrogen and oxygen atoms in total. The molecule has 5 aromatic rings. The van der Waals surface area contributed by atoms with Crippen molar-refractivity contribution in [2.45, 2.75) is 51.2 Å². The zero-order valence-corrected chi connectivity index (χ0v) is 25.0. The van der Waals surface area contributed by atoms with E-state index in [0.29, 0.717) is 24.6 Å². The number of carbonyl (C=O) groups excluding carboxylic acids is 2. The SMILES string of the molecule is Cc1noc([C@@H](Cc2ccc3ccccc3c2)N(C)C(=O)C(Cc2ccc3ccccc3c2)NC(=O)/C=C/C(C)(C)N)n1. The van der Waals surface area contributed by atoms with Crippen LogP contribution >= 0.6 is 0 Å². The summed E-state index contributed by atoms with van der Waals surface area (Å²) >= 11 is 0. The maximum atomic E-state index is 14.2. The third-order valence-corrected chi connectivity index (χ3v) is 7.42. The normalized spacial score (nSPS) is 13.3. The van der Waals surface area contributed by atoms with Gasteiger partial charge in [-0.3, -0.25) is 9.59 Å². The minimum Gasteiger partial charge on any atom is -0.340 e. The highest BCUT2D eigenvalue weighted by Gasteiger charge is 2.32. The number of likely N-dealkylation sites (N-methyl/N-ethyl adjacent to an activating group) is 1. The number of aryl methyl sites for hydroxylation is 1. The van der Waals surface area contributed by atoms with Gasteiger partial charge in [0.2, 0.25) is 17.7 Å². The average Bonchev–Trinajstić information content (AvgIpc) is 3.43. The first-order valence-corrected chi connectivity index (χ1v) is 14.4. The van der Waals surface area contributed by atoms with E-state index in [1.807, 2.05) is 54.6 Å². The van der Waals surface area contributed by atoms with Crippen molar-refractivity contribution in [3.63, 3.8) is 0 Å². The van der Waals surface area contributed by atoms with Gasteiger partial charge in [0.1, 0.15) is 12.1 Å². The lowest BCUT2D eigenvalue weighted by atomic mass is 9.98. The largest absolute Gasteiger partial charge is 0.340 e. The van der Waals surface area contributed by atoms with Crippen LogP contribution in [0.4, 0.5) is 0 Å². The first-order chi connectivity index (χ1) is 20.6. The van der Waals surface area contributed by atoms with Crippen LogP contribution in [0.5, 0.6) is 0 Å². The molecular weight excluding hydrogens is 538 g/mol. The molecule has 1 aromatic heterocycles. The number of amides is 2. The van der Waals surface area contributed by atoms with Crippen molar-refractivity contribution < 1.29 is 14.1 Å². The van der Waals surface area contributed by atoms with Gasteiger partial charge in [-0.1, -0.05) is 96.2 Å². The van der Waals surface area contributed by atoms with Crippen molar-refractivity contribution in [2.75, 3.05) is 7.05 Å². The van der Waals surface area contributed by atoms with E-state index in [2.05, 4.69) is 45.8 Å². The number of carbonyl (C=O) groups is 2. The first-order valence-electron chi connectivity index (χ1n) is 14.4. The Labute approximate surface area is 251 Å². The van der Waals surface area contributed by atoms with Crippen LogP contribution in [0.25, 0.3) is 21.5 Å². The molecule has 0 aliphatic heterocycles. The molecule has 3 N–H and O–H groups in total. The van der Waals surface area contributed by atoms with Gasteiger partial charge in [-0.2, -0.15) is 4.98 Å². The van der Waals surface area contributed by atoms with Crippen LogP contribution < -0.4 is 11.1 Å². The van der Waals surface area contributed by atoms with Crippen LogP contribution in [0.15, 0.2) is 102 Å². The Morgan fingerprint density at radius 2 is 1.47 bits per heavy atom. The summed E-state index contributed by atoms with van der Waals surface area (Å²) in [5, 5.41) is 11.3. The molecule has 0 fully saturated rings. The highest BCUT2D eigenvalue weighted by Crippen LogP contribution is 2.27. The molecule has 0 saturated carbocycles. The minimum absolute atomic E-state index is 0.274. The molecule has 0 bridgehead atoms. The van der Waals surface area contributed by atoms with Crippen molar-refractivity contribution >= 4 is 33.4 Å². The van der Waals surface area contributed by atoms with E-state index in [-0.39, 0.29) is 5.91 Å². The number of nitrogens with two attached hydrogens (primary N) is 1. The van der Waals surface area contributed by atoms with Gasteiger partial charge < -0.3 is 20.5 Å². The summed E-state index contributed by atoms with van der Waals surface area (Å²) in [5.41, 5.74) is 7.31. The van der Waals surface area contributed by atoms with Gasteiger partial charge in [0.15, 0.2) is 5.82 Å². The van der Waals surface area contributed by atoms with Gasteiger partial charge in [0.05, 0.1) is 0 Å². The second-order valence-electron chi connectivity index (χ2n) is 11.6. The number of nitrogens with zero attached hydrogens (tertiary/aromatic N) is 3. The van der Waals surface area contributed by atoms with Crippen molar-refractivity contribution in [1.29, 1.82) is 0 Å². The zero-order valence-electron chi connectivity index (χ0n) is 25.0. The van der Waals surface area contributed by atoms with Crippen LogP contribution in [0.3, 0.4) is 0 Å². The van der Waals surface area contributed by atoms with E-state index in [1.165, 1.54) is 6.08 Å². The van der Waals surface area contributed by atoms with Crippen LogP contribution in [0, 0.1) is 6.92 Å². The molecule has 4 aromatic carbocycles. The first kappa shape index (κ1) is 29.7. The van der Waals surface area contributed by atoms with Gasteiger partial charge >= 0.3 is 0 Å². The van der Waals surface area contributed by atoms with Crippen LogP contribution in [-0.4, -0.2) is 45.5 Å². The average molecular weight is 576 g/mol. The fourth-order valence-electron chi connectivity index (χ4n) is 5.14. The molecule has 0 saturated heterocycles. The summed E-state index contributed by atoms with van der Waals surface area (Å²) in [4.78, 5) is 33.4. The minimum atomic E-state index is -0.854. The number of nitrogens with one attached hydrogen (secondary N) is 1. The molecule has 0 aliphatic rings. The van der Waals surface area contributed by atoms with Gasteiger partial charge in [0, 0.05) is 31.5 Å². The number of fused-ring (bicyclic) bond motifs is 2. The summed E-state index contributed by atoms with van der Waals surface area (Å²) in [5.74, 6) is 0.145. The van der Waals surface area contributed by atoms with Crippen molar-refractivity contribution in [2.24, 2.45) is 5.73 Å². The number of rotatable bonds is 10. The lowest BCUT2D eigenvalue weighted by Gasteiger charge is -2.30. The molecule has 220 valence electrons. The fraction of sp³-hybridized carbons (Fsp3) is 0.257. The summed E-state index contributed by atoms with van der Waals surface area (Å²) in [6.45, 7) is 5.34. The number of benzene rings is 4. The maximum Gasteiger partial charge on any atom is 0.249 e. The van der Waals surface area contributed by atoms with E-state index < -0.39 is 23.5 Å². The molecule has 1 heterocycles. The molecule has 1 unspecified atom stereocenters. The van der Waals surface area contributed by atoms with E-state index >= 15 is 0 Å². The fourth-order valence-corrected chi connectivity index (χ4v) is 5.14. The highest BCUT2D eigenvalue weighted by atomic mass is 16.5. The Hall–Kier alpha value is -4.82. The number of hydrogen-bond acceptors (Lipinski definition) is 6. The molecule has 43 heavy (non-hydrogen) atoms. The van der Waals surface area contributed by atoms with E-state index in [4.69, 9.17) is 10.3 Å². The summed E-state index contributed by atoms with van der Waals surface area (Å²) < 4.78 is 5.59. The molecule has 2 amide bonds. The third-order valence-electron chi connectivity index (χ3n) is 7.42. The second-order valence-corrected chi connectivity index (χ2v) is 11.6. The number of hydrogen-bond donors (Lipinski definition) is 2. The molecule has 8 heteroatoms. The molecule has 0 spiro atoms. The molecular formula is C35H37N5O3. The lowest BCUT2D eigenvalue weighted by Crippen LogP contribution is -2.49. The Morgan fingerprint density at radius 1 is 0.907 bits per heavy atom. The van der Waals surface area contributed by atoms with Crippen LogP contribution in [0.1, 0.15) is 42.7 Å². The van der Waals surface area contributed by atoms with Gasteiger partial charge in [0.25, 0.3) is 0 Å². The van der Waals surface area contributed by atoms with E-state index in [9.17, 15) is 9.59 Å². The predicted molar refractivity (Wildman–Crippen MR) is 169 cm³/mol. The van der Waals surface area contributed by atoms with Gasteiger partial charge in [-0.25, -0.2) is 0 Å². The molecule has 5 rings (SSSR count). The van der Waals surface area contributed by atoms with Crippen LogP contribution in [0.2, 0.25) is 0 Å². The molecule has 2 atom stereocenters. The summed E-state index contributed by atoms with van der Waals surface area (Å²) in [7, 11) is 1.71. The third kappa shape index (κ3) is 7.53. The topological polar surface area (TPSA) is 114 Å². The monoisotopic (exact) mass is 575 g/mol. The quantitative estimate of drug-likeness (QED) is 0.214. The maximum absolute atomic E-state index is 14.2. The smallest absolute Gasteiger partial charge is 0.249 e. The van der Waals surface area contributed by atoms with Crippen molar-refractivity contribution in [3.05, 3.63) is 120 Å². The van der Waals surface area contributed by atoms with Crippen molar-refractivity contribution in [1.82, 2.24) is 20.4 Å². The van der Waals surface area contributed by atoms with Crippen LogP contribution in [-0.2, 0) is 22.4 Å². The Bertz CT molecular complexity index is 1790. The highest BCUT2D eigenvalue weighted by molar-refractivity contribution is 5.93. The lowest BCUT2D eigenvalue weighted by molar-refractivity contribution is -0.137. The zero-order chi connectivity index (χ0) is 30.6. The van der Waals surface area contributed by atoms with E-state index in [1.54, 1.807) is 38.8 Å². The second kappa shape index (κ2) is 12.6. The Kier molecular flexibility index (Phi) is 8.68. The Balaban J connectivity index is 1.46. The predicted octanol–water partition coefficient (Wildman–Crippen LogP) is 5.45. The van der Waals surface area contributed by atoms with Gasteiger partial charge in [-0.05, 0) is 53.4 Å². The van der Waals surface area contributed by atoms with Crippen molar-refractivity contribution in [3.8, 4) is 0 Å². The molecule has 0 aliphatic carbocycles. The summed E-state index contributed by atoms with van der Waals surface area (Å²) in [6.07, 6.45) is 3.75. The Morgan fingerprint density at radius 3 is 2.00 bits per heavy atom. The van der Waals surface area contributed by atoms with Gasteiger partial charge in [-0.15, -0.1) is 0 Å². The molecule has 0 radical (unpaired) electrons. The summed E-state index contributed by atoms with van der Waals surface area (Å²) in [6, 6.07) is 27.1. The van der Waals surface area contributed by atoms with E-state index in [0.717, 1.165) is 32.7 Å².